The van der Waals surface area contributed by atoms with Crippen molar-refractivity contribution in [2.24, 2.45) is 4.99 Å². The van der Waals surface area contributed by atoms with Crippen molar-refractivity contribution in [3.05, 3.63) is 47.5 Å². The number of aliphatic imine (C=N–C) groups is 1. The van der Waals surface area contributed by atoms with Crippen LogP contribution >= 0.6 is 0 Å². The maximum Gasteiger partial charge on any atom is 0.0733 e. The molecule has 0 N–H and O–H groups in total. The third kappa shape index (κ3) is 0.925. The molecule has 1 unspecified atom stereocenters. The molecule has 1 nitrogen and oxygen atoms in total. The summed E-state index contributed by atoms with van der Waals surface area (Å²) < 4.78 is 0. The van der Waals surface area contributed by atoms with E-state index in [0.29, 0.717) is 6.04 Å². The Morgan fingerprint density at radius 1 is 1.07 bits per heavy atom. The van der Waals surface area contributed by atoms with Gasteiger partial charge in [-0.05, 0) is 28.8 Å². The molecule has 14 heavy (non-hydrogen) atoms. The zero-order valence-electron chi connectivity index (χ0n) is 8.07. The normalized spacial score (nSPS) is 18.8. The van der Waals surface area contributed by atoms with E-state index in [9.17, 15) is 0 Å². The SMILES string of the molecule is CC1N=Cc2ccc3ccccc3c21. The fourth-order valence-electron chi connectivity index (χ4n) is 2.16. The van der Waals surface area contributed by atoms with Gasteiger partial charge in [0.2, 0.25) is 0 Å². The van der Waals surface area contributed by atoms with Crippen LogP contribution in [0.15, 0.2) is 41.4 Å². The van der Waals surface area contributed by atoms with Gasteiger partial charge in [-0.3, -0.25) is 4.99 Å². The minimum atomic E-state index is 0.316. The van der Waals surface area contributed by atoms with Crippen molar-refractivity contribution in [3.8, 4) is 0 Å². The van der Waals surface area contributed by atoms with Gasteiger partial charge in [0.1, 0.15) is 0 Å². The van der Waals surface area contributed by atoms with Crippen LogP contribution in [-0.2, 0) is 0 Å². The number of hydrogen-bond acceptors (Lipinski definition) is 1. The van der Waals surface area contributed by atoms with Crippen molar-refractivity contribution >= 4 is 17.0 Å². The van der Waals surface area contributed by atoms with Gasteiger partial charge in [-0.25, -0.2) is 0 Å². The highest BCUT2D eigenvalue weighted by Gasteiger charge is 2.16. The Morgan fingerprint density at radius 3 is 2.86 bits per heavy atom. The molecule has 0 saturated carbocycles. The molecule has 0 radical (unpaired) electrons. The number of nitrogens with zero attached hydrogens (tertiary/aromatic N) is 1. The monoisotopic (exact) mass is 181 g/mol. The lowest BCUT2D eigenvalue weighted by Crippen LogP contribution is -1.89. The van der Waals surface area contributed by atoms with E-state index in [1.807, 2.05) is 6.21 Å². The molecule has 1 heterocycles. The molecule has 3 rings (SSSR count). The topological polar surface area (TPSA) is 12.4 Å². The summed E-state index contributed by atoms with van der Waals surface area (Å²) in [5.41, 5.74) is 2.65. The first-order chi connectivity index (χ1) is 6.86. The minimum absolute atomic E-state index is 0.316. The quantitative estimate of drug-likeness (QED) is 0.591. The average molecular weight is 181 g/mol. The molecular weight excluding hydrogens is 170 g/mol. The van der Waals surface area contributed by atoms with Gasteiger partial charge in [-0.1, -0.05) is 36.4 Å². The molecule has 2 aromatic carbocycles. The highest BCUT2D eigenvalue weighted by Crippen LogP contribution is 2.32. The molecule has 1 aliphatic heterocycles. The van der Waals surface area contributed by atoms with Crippen LogP contribution in [0, 0.1) is 0 Å². The molecule has 0 bridgehead atoms. The van der Waals surface area contributed by atoms with Crippen LogP contribution in [0.4, 0.5) is 0 Å². The van der Waals surface area contributed by atoms with Gasteiger partial charge >= 0.3 is 0 Å². The average Bonchev–Trinajstić information content (AvgIpc) is 2.61. The smallest absolute Gasteiger partial charge is 0.0733 e. The summed E-state index contributed by atoms with van der Waals surface area (Å²) in [6.07, 6.45) is 1.98. The first kappa shape index (κ1) is 7.74. The molecule has 0 amide bonds. The van der Waals surface area contributed by atoms with Gasteiger partial charge in [-0.15, -0.1) is 0 Å². The van der Waals surface area contributed by atoms with Crippen LogP contribution in [0.2, 0.25) is 0 Å². The Bertz CT molecular complexity index is 526. The Hall–Kier alpha value is -1.63. The predicted octanol–water partition coefficient (Wildman–Crippen LogP) is 3.33. The van der Waals surface area contributed by atoms with Crippen molar-refractivity contribution in [1.82, 2.24) is 0 Å². The van der Waals surface area contributed by atoms with Gasteiger partial charge in [0.15, 0.2) is 0 Å². The van der Waals surface area contributed by atoms with Crippen molar-refractivity contribution in [2.45, 2.75) is 13.0 Å². The molecule has 68 valence electrons. The largest absolute Gasteiger partial charge is 0.285 e. The highest BCUT2D eigenvalue weighted by atomic mass is 14.8. The number of benzene rings is 2. The molecule has 1 atom stereocenters. The maximum absolute atomic E-state index is 4.43. The van der Waals surface area contributed by atoms with Crippen LogP contribution in [0.1, 0.15) is 24.1 Å². The molecule has 2 aromatic rings. The molecule has 0 spiro atoms. The summed E-state index contributed by atoms with van der Waals surface area (Å²) in [5.74, 6) is 0. The van der Waals surface area contributed by atoms with Gasteiger partial charge in [-0.2, -0.15) is 0 Å². The summed E-state index contributed by atoms with van der Waals surface area (Å²) in [5, 5.41) is 2.65. The first-order valence-corrected chi connectivity index (χ1v) is 4.91. The molecule has 0 aromatic heterocycles. The van der Waals surface area contributed by atoms with Crippen LogP contribution in [-0.4, -0.2) is 6.21 Å². The number of rotatable bonds is 0. The first-order valence-electron chi connectivity index (χ1n) is 4.91. The van der Waals surface area contributed by atoms with Crippen LogP contribution in [0.25, 0.3) is 10.8 Å². The fourth-order valence-corrected chi connectivity index (χ4v) is 2.16. The van der Waals surface area contributed by atoms with Gasteiger partial charge in [0.05, 0.1) is 6.04 Å². The third-order valence-corrected chi connectivity index (χ3v) is 2.86. The molecule has 0 fully saturated rings. The second kappa shape index (κ2) is 2.68. The minimum Gasteiger partial charge on any atom is -0.285 e. The van der Waals surface area contributed by atoms with E-state index in [4.69, 9.17) is 0 Å². The van der Waals surface area contributed by atoms with Gasteiger partial charge in [0, 0.05) is 6.21 Å². The fraction of sp³-hybridized carbons (Fsp3) is 0.154. The Labute approximate surface area is 83.1 Å². The number of hydrogen-bond donors (Lipinski definition) is 0. The lowest BCUT2D eigenvalue weighted by atomic mass is 9.97. The second-order valence-electron chi connectivity index (χ2n) is 3.74. The van der Waals surface area contributed by atoms with Crippen LogP contribution < -0.4 is 0 Å². The van der Waals surface area contributed by atoms with E-state index in [1.54, 1.807) is 0 Å². The summed E-state index contributed by atoms with van der Waals surface area (Å²) in [6, 6.07) is 13.1. The standard InChI is InChI=1S/C13H11N/c1-9-13-11(8-14-9)7-6-10-4-2-3-5-12(10)13/h2-9H,1H3. The summed E-state index contributed by atoms with van der Waals surface area (Å²) >= 11 is 0. The van der Waals surface area contributed by atoms with E-state index in [0.717, 1.165) is 0 Å². The second-order valence-corrected chi connectivity index (χ2v) is 3.74. The molecule has 1 heteroatoms. The Kier molecular flexibility index (Phi) is 1.48. The van der Waals surface area contributed by atoms with Crippen molar-refractivity contribution < 1.29 is 0 Å². The van der Waals surface area contributed by atoms with Gasteiger partial charge in [0.25, 0.3) is 0 Å². The van der Waals surface area contributed by atoms with Crippen molar-refractivity contribution in [3.63, 3.8) is 0 Å². The molecule has 0 saturated heterocycles. The third-order valence-electron chi connectivity index (χ3n) is 2.86. The highest BCUT2D eigenvalue weighted by molar-refractivity contribution is 5.97. The molecule has 0 aliphatic carbocycles. The molecule has 1 aliphatic rings. The van der Waals surface area contributed by atoms with Crippen molar-refractivity contribution in [1.29, 1.82) is 0 Å². The van der Waals surface area contributed by atoms with Crippen molar-refractivity contribution in [2.75, 3.05) is 0 Å². The zero-order valence-corrected chi connectivity index (χ0v) is 8.07. The van der Waals surface area contributed by atoms with E-state index in [1.165, 1.54) is 21.9 Å². The molecular formula is C13H11N. The lowest BCUT2D eigenvalue weighted by Gasteiger charge is -2.07. The van der Waals surface area contributed by atoms with E-state index < -0.39 is 0 Å². The maximum atomic E-state index is 4.43. The lowest BCUT2D eigenvalue weighted by molar-refractivity contribution is 0.852. The summed E-state index contributed by atoms with van der Waals surface area (Å²) in [7, 11) is 0. The summed E-state index contributed by atoms with van der Waals surface area (Å²) in [6.45, 7) is 2.15. The van der Waals surface area contributed by atoms with Crippen LogP contribution in [0.5, 0.6) is 0 Å². The Morgan fingerprint density at radius 2 is 1.93 bits per heavy atom. The Balaban J connectivity index is 2.44. The predicted molar refractivity (Wildman–Crippen MR) is 60.0 cm³/mol. The van der Waals surface area contributed by atoms with E-state index in [2.05, 4.69) is 48.3 Å². The van der Waals surface area contributed by atoms with E-state index >= 15 is 0 Å². The van der Waals surface area contributed by atoms with Crippen LogP contribution in [0.3, 0.4) is 0 Å². The zero-order chi connectivity index (χ0) is 9.54. The van der Waals surface area contributed by atoms with Gasteiger partial charge < -0.3 is 0 Å². The van der Waals surface area contributed by atoms with E-state index in [-0.39, 0.29) is 0 Å². The summed E-state index contributed by atoms with van der Waals surface area (Å²) in [4.78, 5) is 4.43. The number of fused-ring (bicyclic) bond motifs is 3.